The van der Waals surface area contributed by atoms with E-state index in [0.717, 1.165) is 45.0 Å². The molecule has 0 saturated carbocycles. The third-order valence-electron chi connectivity index (χ3n) is 7.88. The quantitative estimate of drug-likeness (QED) is 0.0997. The average molecular weight is 723 g/mol. The molecule has 272 valence electrons. The third-order valence-corrected chi connectivity index (χ3v) is 7.88. The number of imidazole rings is 2. The lowest BCUT2D eigenvalue weighted by molar-refractivity contribution is 0.262. The van der Waals surface area contributed by atoms with Gasteiger partial charge in [0, 0.05) is 55.2 Å². The number of benzene rings is 2. The minimum absolute atomic E-state index is 0.174. The zero-order chi connectivity index (χ0) is 38.0. The highest BCUT2D eigenvalue weighted by Crippen LogP contribution is 2.16. The van der Waals surface area contributed by atoms with Crippen LogP contribution in [0.5, 0.6) is 0 Å². The van der Waals surface area contributed by atoms with Crippen molar-refractivity contribution in [3.05, 3.63) is 165 Å². The lowest BCUT2D eigenvalue weighted by Gasteiger charge is -2.08. The molecule has 0 unspecified atom stereocenters. The van der Waals surface area contributed by atoms with E-state index in [4.69, 9.17) is 11.5 Å². The highest BCUT2D eigenvalue weighted by Gasteiger charge is 2.09. The second-order valence-electron chi connectivity index (χ2n) is 12.4. The zero-order valence-electron chi connectivity index (χ0n) is 29.5. The molecule has 15 heteroatoms. The first-order chi connectivity index (χ1) is 26.1. The molecule has 10 N–H and O–H groups in total. The Hall–Kier alpha value is -7.55. The Labute approximate surface area is 308 Å². The van der Waals surface area contributed by atoms with E-state index >= 15 is 0 Å². The largest absolute Gasteiger partial charge is 0.399 e. The number of nitrogens with two attached hydrogens (primary N) is 2. The fraction of sp³-hybridized carbons (Fsp3) is 0.103. The number of rotatable bonds is 6. The Kier molecular flexibility index (Phi) is 11.2. The molecule has 0 saturated heterocycles. The fourth-order valence-electron chi connectivity index (χ4n) is 5.39. The maximum Gasteiger partial charge on any atom is 0.323 e. The second kappa shape index (κ2) is 16.6. The van der Waals surface area contributed by atoms with Crippen LogP contribution in [0.15, 0.2) is 120 Å². The van der Waals surface area contributed by atoms with Gasteiger partial charge < -0.3 is 42.0 Å². The summed E-state index contributed by atoms with van der Waals surface area (Å²) in [6.07, 6.45) is 11.1. The van der Waals surface area contributed by atoms with Crippen LogP contribution in [0.2, 0.25) is 0 Å². The van der Waals surface area contributed by atoms with Crippen molar-refractivity contribution in [2.75, 3.05) is 22.1 Å². The van der Waals surface area contributed by atoms with Crippen LogP contribution in [-0.4, -0.2) is 45.9 Å². The maximum absolute atomic E-state index is 12.1. The smallest absolute Gasteiger partial charge is 0.323 e. The van der Waals surface area contributed by atoms with Crippen LogP contribution in [-0.2, 0) is 12.8 Å². The molecule has 6 heterocycles. The molecule has 0 aliphatic heterocycles. The van der Waals surface area contributed by atoms with Crippen molar-refractivity contribution in [1.29, 1.82) is 0 Å². The van der Waals surface area contributed by atoms with Crippen LogP contribution in [0.25, 0.3) is 22.1 Å². The first-order valence-electron chi connectivity index (χ1n) is 16.8. The molecule has 8 rings (SSSR count). The monoisotopic (exact) mass is 722 g/mol. The molecule has 0 atom stereocenters. The zero-order valence-corrected chi connectivity index (χ0v) is 29.5. The SMILES string of the molecule is Cc1cncc(N)c1.Cc1cncc(NC(=O)Nc2ccc(Cc3nc4c(=O)[nH]ccc4[nH]3)cc2)c1.Nc1ccc(Cc2nc3c(=O)[nH]ccc3[nH]2)cc1. The second-order valence-corrected chi connectivity index (χ2v) is 12.4. The van der Waals surface area contributed by atoms with Crippen molar-refractivity contribution < 1.29 is 4.79 Å². The summed E-state index contributed by atoms with van der Waals surface area (Å²) in [5.74, 6) is 1.48. The lowest BCUT2D eigenvalue weighted by Crippen LogP contribution is -2.19. The van der Waals surface area contributed by atoms with E-state index in [1.807, 2.05) is 74.5 Å². The number of anilines is 4. The van der Waals surface area contributed by atoms with E-state index in [9.17, 15) is 14.4 Å². The van der Waals surface area contributed by atoms with Crippen LogP contribution >= 0.6 is 0 Å². The van der Waals surface area contributed by atoms with Crippen LogP contribution in [0, 0.1) is 13.8 Å². The van der Waals surface area contributed by atoms with E-state index < -0.39 is 0 Å². The van der Waals surface area contributed by atoms with Gasteiger partial charge in [-0.2, -0.15) is 0 Å². The van der Waals surface area contributed by atoms with Crippen LogP contribution in [0.1, 0.15) is 33.9 Å². The Balaban J connectivity index is 0.000000162. The molecule has 0 spiro atoms. The standard InChI is InChI=1S/C20H18N6O2.C13H12N4O.C6H8N2/c1-12-8-15(11-21-10-12)24-20(28)23-14-4-2-13(3-5-14)9-17-25-16-6-7-22-19(27)18(16)26-17;14-9-3-1-8(2-4-9)7-11-16-10-5-6-15-13(18)12(10)17-11;1-5-2-6(7)4-8-3-5/h2-8,10-11H,9H2,1H3,(H,22,27)(H,25,26)(H2,23,24,28);1-6H,7,14H2,(H,15,18)(H,16,17);2-4H,7H2,1H3. The fourth-order valence-corrected chi connectivity index (χ4v) is 5.39. The summed E-state index contributed by atoms with van der Waals surface area (Å²) < 4.78 is 0. The number of nitrogen functional groups attached to an aromatic ring is 2. The maximum atomic E-state index is 12.1. The molecular formula is C39H38N12O3. The number of aromatic amines is 4. The van der Waals surface area contributed by atoms with Gasteiger partial charge in [0.25, 0.3) is 11.1 Å². The molecule has 54 heavy (non-hydrogen) atoms. The van der Waals surface area contributed by atoms with Gasteiger partial charge in [0.2, 0.25) is 0 Å². The Morgan fingerprint density at radius 2 is 1.11 bits per heavy atom. The number of nitrogens with zero attached hydrogens (tertiary/aromatic N) is 4. The number of aromatic nitrogens is 8. The van der Waals surface area contributed by atoms with Crippen LogP contribution in [0.3, 0.4) is 0 Å². The Morgan fingerprint density at radius 3 is 1.59 bits per heavy atom. The van der Waals surface area contributed by atoms with Gasteiger partial charge in [0.15, 0.2) is 11.0 Å². The molecule has 8 aromatic rings. The summed E-state index contributed by atoms with van der Waals surface area (Å²) >= 11 is 0. The van der Waals surface area contributed by atoms with Crippen molar-refractivity contribution in [2.24, 2.45) is 0 Å². The number of pyridine rings is 4. The highest BCUT2D eigenvalue weighted by molar-refractivity contribution is 5.99. The summed E-state index contributed by atoms with van der Waals surface area (Å²) in [6.45, 7) is 3.87. The Morgan fingerprint density at radius 1 is 0.611 bits per heavy atom. The number of hydrogen-bond acceptors (Lipinski definition) is 9. The van der Waals surface area contributed by atoms with Crippen molar-refractivity contribution in [3.63, 3.8) is 0 Å². The van der Waals surface area contributed by atoms with Crippen LogP contribution < -0.4 is 33.2 Å². The molecule has 2 aromatic carbocycles. The topological polar surface area (TPSA) is 242 Å². The first-order valence-corrected chi connectivity index (χ1v) is 16.8. The van der Waals surface area contributed by atoms with Gasteiger partial charge in [-0.15, -0.1) is 0 Å². The number of carbonyl (C=O) groups excluding carboxylic acids is 1. The number of nitrogens with one attached hydrogen (secondary N) is 6. The average Bonchev–Trinajstić information content (AvgIpc) is 3.76. The summed E-state index contributed by atoms with van der Waals surface area (Å²) in [4.78, 5) is 63.4. The predicted octanol–water partition coefficient (Wildman–Crippen LogP) is 5.59. The van der Waals surface area contributed by atoms with Crippen molar-refractivity contribution >= 4 is 50.8 Å². The van der Waals surface area contributed by atoms with E-state index in [-0.39, 0.29) is 17.1 Å². The predicted molar refractivity (Wildman–Crippen MR) is 211 cm³/mol. The van der Waals surface area contributed by atoms with Crippen molar-refractivity contribution in [2.45, 2.75) is 26.7 Å². The first kappa shape index (κ1) is 36.2. The number of carbonyl (C=O) groups is 1. The molecule has 2 amide bonds. The number of H-pyrrole nitrogens is 4. The van der Waals surface area contributed by atoms with Gasteiger partial charge in [0.1, 0.15) is 11.6 Å². The number of aryl methyl sites for hydroxylation is 2. The third kappa shape index (κ3) is 9.82. The molecule has 0 radical (unpaired) electrons. The molecule has 0 aliphatic carbocycles. The van der Waals surface area contributed by atoms with Gasteiger partial charge in [-0.25, -0.2) is 14.8 Å². The molecule has 15 nitrogen and oxygen atoms in total. The lowest BCUT2D eigenvalue weighted by atomic mass is 10.1. The summed E-state index contributed by atoms with van der Waals surface area (Å²) in [5.41, 5.74) is 19.9. The molecular weight excluding hydrogens is 685 g/mol. The molecule has 0 fully saturated rings. The van der Waals surface area contributed by atoms with Crippen molar-refractivity contribution in [3.8, 4) is 0 Å². The van der Waals surface area contributed by atoms with Gasteiger partial charge in [-0.1, -0.05) is 24.3 Å². The molecule has 6 aromatic heterocycles. The number of fused-ring (bicyclic) bond motifs is 2. The van der Waals surface area contributed by atoms with Crippen LogP contribution in [0.4, 0.5) is 27.5 Å². The Bertz CT molecular complexity index is 2610. The highest BCUT2D eigenvalue weighted by atomic mass is 16.2. The van der Waals surface area contributed by atoms with Gasteiger partial charge in [0.05, 0.1) is 28.6 Å². The van der Waals surface area contributed by atoms with Gasteiger partial charge in [-0.05, 0) is 84.6 Å². The summed E-state index contributed by atoms with van der Waals surface area (Å²) in [7, 11) is 0. The summed E-state index contributed by atoms with van der Waals surface area (Å²) in [5, 5.41) is 5.53. The van der Waals surface area contributed by atoms with E-state index in [1.165, 1.54) is 0 Å². The summed E-state index contributed by atoms with van der Waals surface area (Å²) in [6, 6.07) is 22.0. The van der Waals surface area contributed by atoms with E-state index in [0.29, 0.717) is 46.6 Å². The minimum atomic E-state index is -0.336. The number of amides is 2. The number of hydrogen-bond donors (Lipinski definition) is 8. The van der Waals surface area contributed by atoms with E-state index in [2.05, 4.69) is 50.5 Å². The molecule has 0 aliphatic rings. The van der Waals surface area contributed by atoms with Crippen molar-refractivity contribution in [1.82, 2.24) is 39.9 Å². The normalized spacial score (nSPS) is 10.6. The minimum Gasteiger partial charge on any atom is -0.399 e. The molecule has 0 bridgehead atoms. The number of urea groups is 1. The van der Waals surface area contributed by atoms with Gasteiger partial charge >= 0.3 is 6.03 Å². The van der Waals surface area contributed by atoms with E-state index in [1.54, 1.807) is 49.3 Å². The van der Waals surface area contributed by atoms with Gasteiger partial charge in [-0.3, -0.25) is 19.6 Å².